The van der Waals surface area contributed by atoms with Crippen LogP contribution in [0.3, 0.4) is 0 Å². The Kier molecular flexibility index (Phi) is 10.1. The van der Waals surface area contributed by atoms with Crippen molar-refractivity contribution in [1.82, 2.24) is 9.73 Å². The van der Waals surface area contributed by atoms with Crippen molar-refractivity contribution >= 4 is 38.9 Å². The van der Waals surface area contributed by atoms with Crippen LogP contribution in [0.4, 0.5) is 10.1 Å². The Hall–Kier alpha value is -4.09. The quantitative estimate of drug-likeness (QED) is 0.174. The molecule has 4 aromatic carbocycles. The zero-order valence-electron chi connectivity index (χ0n) is 24.1. The molecule has 11 heteroatoms. The SMILES string of the molecule is C/C(=N\NC(=O)c1ccc(CN(Cc2ccc(F)cc2)S(=O)(=O)c2ccc(Cl)cc2)cc1)c1cccc(N2CCOCC2)c1. The molecule has 0 bridgehead atoms. The van der Waals surface area contributed by atoms with E-state index in [1.807, 2.05) is 31.2 Å². The maximum absolute atomic E-state index is 13.6. The zero-order chi connectivity index (χ0) is 31.1. The smallest absolute Gasteiger partial charge is 0.271 e. The second-order valence-electron chi connectivity index (χ2n) is 10.3. The number of hydrazone groups is 1. The van der Waals surface area contributed by atoms with Crippen molar-refractivity contribution in [2.75, 3.05) is 31.2 Å². The first kappa shape index (κ1) is 31.3. The van der Waals surface area contributed by atoms with Crippen LogP contribution in [0.5, 0.6) is 0 Å². The number of halogens is 2. The normalized spacial score (nSPS) is 14.1. The molecule has 0 atom stereocenters. The fourth-order valence-electron chi connectivity index (χ4n) is 4.75. The number of hydrogen-bond donors (Lipinski definition) is 1. The summed E-state index contributed by atoms with van der Waals surface area (Å²) < 4.78 is 47.4. The van der Waals surface area contributed by atoms with Crippen molar-refractivity contribution in [3.63, 3.8) is 0 Å². The average Bonchev–Trinajstić information content (AvgIpc) is 3.05. The number of benzene rings is 4. The Morgan fingerprint density at radius 3 is 2.16 bits per heavy atom. The monoisotopic (exact) mass is 634 g/mol. The topological polar surface area (TPSA) is 91.3 Å². The molecule has 1 aliphatic heterocycles. The first-order valence-corrected chi connectivity index (χ1v) is 15.9. The predicted molar refractivity (Wildman–Crippen MR) is 170 cm³/mol. The predicted octanol–water partition coefficient (Wildman–Crippen LogP) is 5.86. The molecule has 0 radical (unpaired) electrons. The molecule has 0 saturated carbocycles. The number of morpholine rings is 1. The molecule has 4 aromatic rings. The Morgan fingerprint density at radius 1 is 0.909 bits per heavy atom. The van der Waals surface area contributed by atoms with E-state index in [1.165, 1.54) is 40.7 Å². The Morgan fingerprint density at radius 2 is 1.52 bits per heavy atom. The highest BCUT2D eigenvalue weighted by Crippen LogP contribution is 2.23. The van der Waals surface area contributed by atoms with Gasteiger partial charge in [-0.15, -0.1) is 0 Å². The zero-order valence-corrected chi connectivity index (χ0v) is 25.7. The summed E-state index contributed by atoms with van der Waals surface area (Å²) in [6.45, 7) is 4.91. The molecular weight excluding hydrogens is 603 g/mol. The maximum atomic E-state index is 13.6. The van der Waals surface area contributed by atoms with Crippen molar-refractivity contribution in [1.29, 1.82) is 0 Å². The molecule has 1 aliphatic rings. The van der Waals surface area contributed by atoms with Gasteiger partial charge in [-0.05, 0) is 84.3 Å². The highest BCUT2D eigenvalue weighted by atomic mass is 35.5. The number of carbonyl (C=O) groups is 1. The van der Waals surface area contributed by atoms with Gasteiger partial charge in [0.25, 0.3) is 5.91 Å². The Balaban J connectivity index is 1.28. The van der Waals surface area contributed by atoms with Crippen molar-refractivity contribution in [3.05, 3.63) is 130 Å². The third-order valence-electron chi connectivity index (χ3n) is 7.26. The fourth-order valence-corrected chi connectivity index (χ4v) is 6.30. The molecule has 228 valence electrons. The van der Waals surface area contributed by atoms with E-state index < -0.39 is 21.7 Å². The van der Waals surface area contributed by atoms with Gasteiger partial charge in [-0.25, -0.2) is 18.2 Å². The van der Waals surface area contributed by atoms with Crippen LogP contribution in [0.25, 0.3) is 0 Å². The lowest BCUT2D eigenvalue weighted by Gasteiger charge is -2.29. The fraction of sp³-hybridized carbons (Fsp3) is 0.212. The molecule has 0 aromatic heterocycles. The molecular formula is C33H32ClFN4O4S. The lowest BCUT2D eigenvalue weighted by atomic mass is 10.1. The molecule has 1 fully saturated rings. The van der Waals surface area contributed by atoms with E-state index in [2.05, 4.69) is 15.4 Å². The van der Waals surface area contributed by atoms with Crippen LogP contribution in [0, 0.1) is 5.82 Å². The van der Waals surface area contributed by atoms with Gasteiger partial charge in [0, 0.05) is 42.5 Å². The lowest BCUT2D eigenvalue weighted by molar-refractivity contribution is 0.0954. The van der Waals surface area contributed by atoms with E-state index in [1.54, 1.807) is 36.4 Å². The number of nitrogens with zero attached hydrogens (tertiary/aromatic N) is 3. The van der Waals surface area contributed by atoms with Crippen molar-refractivity contribution in [3.8, 4) is 0 Å². The van der Waals surface area contributed by atoms with Crippen LogP contribution in [0.1, 0.15) is 34.0 Å². The highest BCUT2D eigenvalue weighted by Gasteiger charge is 2.25. The molecule has 5 rings (SSSR count). The Labute approximate surface area is 261 Å². The van der Waals surface area contributed by atoms with Gasteiger partial charge in [0.2, 0.25) is 10.0 Å². The van der Waals surface area contributed by atoms with Crippen molar-refractivity contribution in [2.45, 2.75) is 24.9 Å². The summed E-state index contributed by atoms with van der Waals surface area (Å²) in [6, 6.07) is 26.3. The van der Waals surface area contributed by atoms with Crippen LogP contribution < -0.4 is 10.3 Å². The van der Waals surface area contributed by atoms with Gasteiger partial charge in [0.1, 0.15) is 5.82 Å². The largest absolute Gasteiger partial charge is 0.378 e. The van der Waals surface area contributed by atoms with E-state index in [-0.39, 0.29) is 18.0 Å². The van der Waals surface area contributed by atoms with Gasteiger partial charge in [0.15, 0.2) is 0 Å². The minimum atomic E-state index is -3.93. The first-order chi connectivity index (χ1) is 21.2. The first-order valence-electron chi connectivity index (χ1n) is 14.1. The second-order valence-corrected chi connectivity index (χ2v) is 12.7. The number of carbonyl (C=O) groups excluding carboxylic acids is 1. The molecule has 0 spiro atoms. The van der Waals surface area contributed by atoms with E-state index in [9.17, 15) is 17.6 Å². The van der Waals surface area contributed by atoms with Gasteiger partial charge >= 0.3 is 0 Å². The van der Waals surface area contributed by atoms with E-state index >= 15 is 0 Å². The number of hydrogen-bond acceptors (Lipinski definition) is 6. The summed E-state index contributed by atoms with van der Waals surface area (Å²) in [6.07, 6.45) is 0. The van der Waals surface area contributed by atoms with E-state index in [0.717, 1.165) is 24.3 Å². The number of ether oxygens (including phenoxy) is 1. The van der Waals surface area contributed by atoms with Crippen molar-refractivity contribution < 1.29 is 22.3 Å². The number of rotatable bonds is 10. The number of nitrogens with one attached hydrogen (secondary N) is 1. The Bertz CT molecular complexity index is 1730. The minimum Gasteiger partial charge on any atom is -0.378 e. The van der Waals surface area contributed by atoms with Gasteiger partial charge < -0.3 is 9.64 Å². The van der Waals surface area contributed by atoms with E-state index in [4.69, 9.17) is 16.3 Å². The van der Waals surface area contributed by atoms with Crippen LogP contribution in [-0.2, 0) is 27.8 Å². The molecule has 0 aliphatic carbocycles. The van der Waals surface area contributed by atoms with Crippen LogP contribution in [0.2, 0.25) is 5.02 Å². The summed E-state index contributed by atoms with van der Waals surface area (Å²) in [5, 5.41) is 4.72. The second kappa shape index (κ2) is 14.1. The molecule has 1 N–H and O–H groups in total. The van der Waals surface area contributed by atoms with Gasteiger partial charge in [-0.1, -0.05) is 48.0 Å². The lowest BCUT2D eigenvalue weighted by Crippen LogP contribution is -2.36. The molecule has 44 heavy (non-hydrogen) atoms. The molecule has 1 amide bonds. The summed E-state index contributed by atoms with van der Waals surface area (Å²) >= 11 is 5.97. The molecule has 8 nitrogen and oxygen atoms in total. The average molecular weight is 635 g/mol. The molecule has 0 unspecified atom stereocenters. The van der Waals surface area contributed by atoms with Crippen LogP contribution >= 0.6 is 11.6 Å². The summed E-state index contributed by atoms with van der Waals surface area (Å²) in [4.78, 5) is 15.2. The summed E-state index contributed by atoms with van der Waals surface area (Å²) in [7, 11) is -3.93. The maximum Gasteiger partial charge on any atom is 0.271 e. The number of amides is 1. The van der Waals surface area contributed by atoms with Crippen LogP contribution in [0.15, 0.2) is 107 Å². The summed E-state index contributed by atoms with van der Waals surface area (Å²) in [5.74, 6) is -0.798. The van der Waals surface area contributed by atoms with Crippen LogP contribution in [-0.4, -0.2) is 50.6 Å². The van der Waals surface area contributed by atoms with Gasteiger partial charge in [-0.2, -0.15) is 9.41 Å². The minimum absolute atomic E-state index is 0.0220. The number of sulfonamides is 1. The number of anilines is 1. The van der Waals surface area contributed by atoms with E-state index in [0.29, 0.717) is 40.6 Å². The third-order valence-corrected chi connectivity index (χ3v) is 9.32. The third kappa shape index (κ3) is 7.89. The van der Waals surface area contributed by atoms with Gasteiger partial charge in [0.05, 0.1) is 23.8 Å². The standard InChI is InChI=1S/C33H32ClFN4O4S/c1-24(28-3-2-4-31(21-28)38-17-19-43-20-18-38)36-37-33(40)27-9-5-25(6-10-27)22-39(23-26-7-13-30(35)14-8-26)44(41,42)32-15-11-29(34)12-16-32/h2-16,21H,17-20,22-23H2,1H3,(H,37,40)/b36-24+. The highest BCUT2D eigenvalue weighted by molar-refractivity contribution is 7.89. The van der Waals surface area contributed by atoms with Crippen molar-refractivity contribution in [2.24, 2.45) is 5.10 Å². The van der Waals surface area contributed by atoms with Gasteiger partial charge in [-0.3, -0.25) is 4.79 Å². The summed E-state index contributed by atoms with van der Waals surface area (Å²) in [5.41, 5.74) is 6.92. The molecule has 1 heterocycles. The molecule has 1 saturated heterocycles.